The number of fused-ring (bicyclic) bond motifs is 1. The fourth-order valence-corrected chi connectivity index (χ4v) is 3.40. The number of amides is 1. The van der Waals surface area contributed by atoms with Crippen LogP contribution in [-0.4, -0.2) is 28.7 Å². The van der Waals surface area contributed by atoms with Crippen LogP contribution in [0, 0.1) is 0 Å². The fraction of sp³-hybridized carbons (Fsp3) is 0.154. The number of carbonyl (C=O) groups excluding carboxylic acids is 1. The monoisotopic (exact) mass is 427 g/mol. The molecule has 32 heavy (non-hydrogen) atoms. The summed E-state index contributed by atoms with van der Waals surface area (Å²) < 4.78 is 13.2. The zero-order valence-corrected chi connectivity index (χ0v) is 18.1. The Bertz CT molecular complexity index is 1240. The molecule has 6 heteroatoms. The minimum absolute atomic E-state index is 0.210. The molecule has 0 saturated carbocycles. The lowest BCUT2D eigenvalue weighted by molar-refractivity contribution is -0.111. The summed E-state index contributed by atoms with van der Waals surface area (Å²) >= 11 is 0. The number of ether oxygens (including phenoxy) is 2. The van der Waals surface area contributed by atoms with Crippen molar-refractivity contribution in [2.24, 2.45) is 0 Å². The van der Waals surface area contributed by atoms with Gasteiger partial charge in [0, 0.05) is 17.5 Å². The molecule has 0 saturated heterocycles. The molecule has 0 unspecified atom stereocenters. The summed E-state index contributed by atoms with van der Waals surface area (Å²) in [5.74, 6) is 1.15. The van der Waals surface area contributed by atoms with Crippen LogP contribution in [0.2, 0.25) is 0 Å². The molecule has 0 aliphatic heterocycles. The predicted octanol–water partition coefficient (Wildman–Crippen LogP) is 5.47. The maximum Gasteiger partial charge on any atom is 0.248 e. The molecule has 162 valence electrons. The van der Waals surface area contributed by atoms with E-state index in [9.17, 15) is 4.79 Å². The van der Waals surface area contributed by atoms with Gasteiger partial charge in [0.05, 0.1) is 24.2 Å². The van der Waals surface area contributed by atoms with Crippen LogP contribution in [0.4, 0.5) is 5.69 Å². The average Bonchev–Trinajstić information content (AvgIpc) is 3.24. The van der Waals surface area contributed by atoms with Crippen LogP contribution >= 0.6 is 0 Å². The summed E-state index contributed by atoms with van der Waals surface area (Å²) in [5.41, 5.74) is 4.53. The number of para-hydroxylation sites is 2. The van der Waals surface area contributed by atoms with E-state index in [0.717, 1.165) is 28.0 Å². The number of imidazole rings is 1. The molecule has 0 aliphatic rings. The molecule has 0 bridgehead atoms. The van der Waals surface area contributed by atoms with Gasteiger partial charge in [0.25, 0.3) is 0 Å². The van der Waals surface area contributed by atoms with Crippen molar-refractivity contribution in [3.8, 4) is 17.2 Å². The van der Waals surface area contributed by atoms with Gasteiger partial charge in [-0.25, -0.2) is 4.98 Å². The Balaban J connectivity index is 1.43. The number of aromatic nitrogens is 2. The summed E-state index contributed by atoms with van der Waals surface area (Å²) in [4.78, 5) is 16.8. The number of hydrogen-bond donors (Lipinski definition) is 1. The Kier molecular flexibility index (Phi) is 6.51. The average molecular weight is 428 g/mol. The Morgan fingerprint density at radius 1 is 0.969 bits per heavy atom. The van der Waals surface area contributed by atoms with E-state index in [2.05, 4.69) is 10.3 Å². The highest BCUT2D eigenvalue weighted by molar-refractivity contribution is 6.02. The van der Waals surface area contributed by atoms with Gasteiger partial charge in [-0.3, -0.25) is 9.36 Å². The highest BCUT2D eigenvalue weighted by Crippen LogP contribution is 2.29. The number of anilines is 1. The Hall–Kier alpha value is -4.06. The molecule has 0 spiro atoms. The topological polar surface area (TPSA) is 65.4 Å². The zero-order chi connectivity index (χ0) is 22.3. The van der Waals surface area contributed by atoms with E-state index in [1.807, 2.05) is 85.1 Å². The SMILES string of the molecule is CCOc1ccc(/C=C/C(=O)Nc2ccc(-n3cnc4ccccc43)cc2)cc1OCC. The van der Waals surface area contributed by atoms with Gasteiger partial charge in [0.1, 0.15) is 6.33 Å². The number of hydrogen-bond acceptors (Lipinski definition) is 4. The van der Waals surface area contributed by atoms with Crippen molar-refractivity contribution in [1.29, 1.82) is 0 Å². The minimum atomic E-state index is -0.210. The molecular formula is C26H25N3O3. The van der Waals surface area contributed by atoms with Crippen LogP contribution in [0.1, 0.15) is 19.4 Å². The minimum Gasteiger partial charge on any atom is -0.490 e. The van der Waals surface area contributed by atoms with E-state index < -0.39 is 0 Å². The van der Waals surface area contributed by atoms with Gasteiger partial charge in [-0.05, 0) is 74.0 Å². The number of rotatable bonds is 8. The second-order valence-corrected chi connectivity index (χ2v) is 7.04. The molecule has 4 rings (SSSR count). The summed E-state index contributed by atoms with van der Waals surface area (Å²) in [5, 5.41) is 2.89. The maximum atomic E-state index is 12.4. The van der Waals surface area contributed by atoms with Gasteiger partial charge < -0.3 is 14.8 Å². The molecule has 0 fully saturated rings. The van der Waals surface area contributed by atoms with E-state index in [4.69, 9.17) is 9.47 Å². The van der Waals surface area contributed by atoms with E-state index in [-0.39, 0.29) is 5.91 Å². The second-order valence-electron chi connectivity index (χ2n) is 7.04. The molecule has 1 aromatic heterocycles. The van der Waals surface area contributed by atoms with Crippen molar-refractivity contribution in [2.45, 2.75) is 13.8 Å². The van der Waals surface area contributed by atoms with Gasteiger partial charge in [-0.1, -0.05) is 18.2 Å². The first-order valence-corrected chi connectivity index (χ1v) is 10.6. The third-order valence-electron chi connectivity index (χ3n) is 4.86. The third-order valence-corrected chi connectivity index (χ3v) is 4.86. The lowest BCUT2D eigenvalue weighted by Crippen LogP contribution is -2.07. The molecule has 1 N–H and O–H groups in total. The molecule has 4 aromatic rings. The molecule has 6 nitrogen and oxygen atoms in total. The molecular weight excluding hydrogens is 402 g/mol. The molecule has 1 amide bonds. The van der Waals surface area contributed by atoms with Crippen LogP contribution in [0.5, 0.6) is 11.5 Å². The first-order valence-electron chi connectivity index (χ1n) is 10.6. The van der Waals surface area contributed by atoms with Crippen molar-refractivity contribution in [3.05, 3.63) is 84.7 Å². The van der Waals surface area contributed by atoms with Crippen molar-refractivity contribution in [1.82, 2.24) is 9.55 Å². The Morgan fingerprint density at radius 2 is 1.72 bits per heavy atom. The second kappa shape index (κ2) is 9.83. The van der Waals surface area contributed by atoms with Gasteiger partial charge in [-0.2, -0.15) is 0 Å². The first kappa shape index (κ1) is 21.2. The highest BCUT2D eigenvalue weighted by atomic mass is 16.5. The van der Waals surface area contributed by atoms with Crippen LogP contribution in [-0.2, 0) is 4.79 Å². The normalized spacial score (nSPS) is 11.1. The lowest BCUT2D eigenvalue weighted by atomic mass is 10.2. The summed E-state index contributed by atoms with van der Waals surface area (Å²) in [6.07, 6.45) is 5.05. The van der Waals surface area contributed by atoms with Crippen LogP contribution < -0.4 is 14.8 Å². The largest absolute Gasteiger partial charge is 0.490 e. The molecule has 0 aliphatic carbocycles. The molecule has 0 atom stereocenters. The number of carbonyl (C=O) groups is 1. The van der Waals surface area contributed by atoms with Crippen molar-refractivity contribution in [3.63, 3.8) is 0 Å². The van der Waals surface area contributed by atoms with Crippen molar-refractivity contribution in [2.75, 3.05) is 18.5 Å². The van der Waals surface area contributed by atoms with Crippen LogP contribution in [0.3, 0.4) is 0 Å². The maximum absolute atomic E-state index is 12.4. The lowest BCUT2D eigenvalue weighted by Gasteiger charge is -2.11. The molecule has 1 heterocycles. The molecule has 0 radical (unpaired) electrons. The van der Waals surface area contributed by atoms with Crippen LogP contribution in [0.15, 0.2) is 79.1 Å². The zero-order valence-electron chi connectivity index (χ0n) is 18.1. The van der Waals surface area contributed by atoms with Gasteiger partial charge in [0.15, 0.2) is 11.5 Å². The van der Waals surface area contributed by atoms with Gasteiger partial charge >= 0.3 is 0 Å². The van der Waals surface area contributed by atoms with E-state index in [1.165, 1.54) is 6.08 Å². The highest BCUT2D eigenvalue weighted by Gasteiger charge is 2.06. The summed E-state index contributed by atoms with van der Waals surface area (Å²) in [7, 11) is 0. The summed E-state index contributed by atoms with van der Waals surface area (Å²) in [6.45, 7) is 4.95. The number of benzene rings is 3. The van der Waals surface area contributed by atoms with Crippen molar-refractivity contribution >= 4 is 28.7 Å². The van der Waals surface area contributed by atoms with Gasteiger partial charge in [-0.15, -0.1) is 0 Å². The predicted molar refractivity (Wildman–Crippen MR) is 128 cm³/mol. The summed E-state index contributed by atoms with van der Waals surface area (Å²) in [6, 6.07) is 21.2. The third kappa shape index (κ3) is 4.81. The number of nitrogens with zero attached hydrogens (tertiary/aromatic N) is 2. The quantitative estimate of drug-likeness (QED) is 0.379. The Labute approximate surface area is 187 Å². The molecule has 3 aromatic carbocycles. The van der Waals surface area contributed by atoms with E-state index in [1.54, 1.807) is 12.4 Å². The smallest absolute Gasteiger partial charge is 0.248 e. The van der Waals surface area contributed by atoms with E-state index in [0.29, 0.717) is 24.7 Å². The first-order chi connectivity index (χ1) is 15.7. The van der Waals surface area contributed by atoms with E-state index >= 15 is 0 Å². The van der Waals surface area contributed by atoms with Crippen molar-refractivity contribution < 1.29 is 14.3 Å². The Morgan fingerprint density at radius 3 is 2.50 bits per heavy atom. The standard InChI is InChI=1S/C26H25N3O3/c1-3-31-24-15-9-19(17-25(24)32-4-2)10-16-26(30)28-20-11-13-21(14-12-20)29-18-27-22-7-5-6-8-23(22)29/h5-18H,3-4H2,1-2H3,(H,28,30)/b16-10+. The number of nitrogens with one attached hydrogen (secondary N) is 1. The van der Waals surface area contributed by atoms with Crippen LogP contribution in [0.25, 0.3) is 22.8 Å². The van der Waals surface area contributed by atoms with Gasteiger partial charge in [0.2, 0.25) is 5.91 Å². The fourth-order valence-electron chi connectivity index (χ4n) is 3.40.